The van der Waals surface area contributed by atoms with Crippen LogP contribution in [0.3, 0.4) is 0 Å². The number of hydrogen-bond donors (Lipinski definition) is 0. The van der Waals surface area contributed by atoms with Crippen molar-refractivity contribution in [2.24, 2.45) is 0 Å². The third-order valence-corrected chi connectivity index (χ3v) is 6.81. The molecule has 32 heavy (non-hydrogen) atoms. The number of nitrogens with zero attached hydrogens (tertiary/aromatic N) is 2. The Morgan fingerprint density at radius 2 is 1.69 bits per heavy atom. The lowest BCUT2D eigenvalue weighted by Crippen LogP contribution is -2.30. The second-order valence-electron chi connectivity index (χ2n) is 8.15. The van der Waals surface area contributed by atoms with E-state index in [1.54, 1.807) is 22.9 Å². The number of amides is 1. The standard InChI is InChI=1S/C26H22N2O3S/c1-14-9-10-27-21(11-14)28-23(17-5-7-18(32-4)8-6-17)22-24(29)19-12-15(2)16(3)13-20(19)31-25(22)26(28)30/h5-13,23H,1-4H3/t23-/m1/s1. The fourth-order valence-corrected chi connectivity index (χ4v) is 4.63. The van der Waals surface area contributed by atoms with Crippen LogP contribution in [0.4, 0.5) is 5.82 Å². The predicted molar refractivity (Wildman–Crippen MR) is 128 cm³/mol. The quantitative estimate of drug-likeness (QED) is 0.387. The third-order valence-electron chi connectivity index (χ3n) is 6.07. The van der Waals surface area contributed by atoms with Gasteiger partial charge in [0.2, 0.25) is 5.76 Å². The molecule has 2 aromatic heterocycles. The second kappa shape index (κ2) is 7.64. The summed E-state index contributed by atoms with van der Waals surface area (Å²) >= 11 is 1.64. The predicted octanol–water partition coefficient (Wildman–Crippen LogP) is 5.58. The van der Waals surface area contributed by atoms with Crippen LogP contribution in [0.5, 0.6) is 0 Å². The van der Waals surface area contributed by atoms with Gasteiger partial charge in [-0.05, 0) is 85.7 Å². The Balaban J connectivity index is 1.81. The molecule has 0 bridgehead atoms. The number of thioether (sulfide) groups is 1. The van der Waals surface area contributed by atoms with E-state index in [0.29, 0.717) is 22.4 Å². The number of aryl methyl sites for hydroxylation is 3. The SMILES string of the molecule is CSc1ccc([C@@H]2c3c(oc4cc(C)c(C)cc4c3=O)C(=O)N2c2cc(C)ccn2)cc1. The lowest BCUT2D eigenvalue weighted by Gasteiger charge is -2.24. The van der Waals surface area contributed by atoms with E-state index in [9.17, 15) is 9.59 Å². The maximum atomic E-state index is 13.7. The minimum atomic E-state index is -0.607. The van der Waals surface area contributed by atoms with E-state index in [-0.39, 0.29) is 17.1 Å². The van der Waals surface area contributed by atoms with Gasteiger partial charge in [-0.15, -0.1) is 11.8 Å². The van der Waals surface area contributed by atoms with Crippen LogP contribution in [0, 0.1) is 20.8 Å². The Bertz CT molecular complexity index is 1440. The lowest BCUT2D eigenvalue weighted by atomic mass is 9.97. The molecule has 1 amide bonds. The highest BCUT2D eigenvalue weighted by molar-refractivity contribution is 7.98. The molecule has 0 N–H and O–H groups in total. The monoisotopic (exact) mass is 442 g/mol. The van der Waals surface area contributed by atoms with Gasteiger partial charge >= 0.3 is 0 Å². The molecule has 4 aromatic rings. The molecule has 5 nitrogen and oxygen atoms in total. The summed E-state index contributed by atoms with van der Waals surface area (Å²) in [5.41, 5.74) is 4.46. The number of carbonyl (C=O) groups is 1. The number of benzene rings is 2. The van der Waals surface area contributed by atoms with E-state index in [0.717, 1.165) is 27.1 Å². The third kappa shape index (κ3) is 3.14. The number of pyridine rings is 1. The van der Waals surface area contributed by atoms with Gasteiger partial charge in [0.15, 0.2) is 5.43 Å². The molecule has 0 fully saturated rings. The average molecular weight is 443 g/mol. The largest absolute Gasteiger partial charge is 0.450 e. The first-order chi connectivity index (χ1) is 15.4. The summed E-state index contributed by atoms with van der Waals surface area (Å²) < 4.78 is 6.09. The van der Waals surface area contributed by atoms with Gasteiger partial charge in [0, 0.05) is 11.1 Å². The van der Waals surface area contributed by atoms with Crippen LogP contribution in [-0.2, 0) is 0 Å². The number of carbonyl (C=O) groups excluding carboxylic acids is 1. The van der Waals surface area contributed by atoms with Crippen molar-refractivity contribution < 1.29 is 9.21 Å². The maximum absolute atomic E-state index is 13.7. The van der Waals surface area contributed by atoms with E-state index in [1.807, 2.05) is 75.6 Å². The fraction of sp³-hybridized carbons (Fsp3) is 0.192. The number of anilines is 1. The molecule has 5 rings (SSSR count). The highest BCUT2D eigenvalue weighted by Crippen LogP contribution is 2.41. The first-order valence-electron chi connectivity index (χ1n) is 10.4. The van der Waals surface area contributed by atoms with Crippen LogP contribution in [0.1, 0.15) is 44.4 Å². The van der Waals surface area contributed by atoms with E-state index in [2.05, 4.69) is 4.98 Å². The van der Waals surface area contributed by atoms with Gasteiger partial charge in [0.25, 0.3) is 5.91 Å². The number of rotatable bonds is 3. The molecule has 1 aliphatic heterocycles. The van der Waals surface area contributed by atoms with Crippen molar-refractivity contribution in [3.63, 3.8) is 0 Å². The van der Waals surface area contributed by atoms with Crippen LogP contribution in [0.25, 0.3) is 11.0 Å². The van der Waals surface area contributed by atoms with E-state index < -0.39 is 6.04 Å². The van der Waals surface area contributed by atoms with Crippen LogP contribution in [0.2, 0.25) is 0 Å². The van der Waals surface area contributed by atoms with Crippen LogP contribution < -0.4 is 10.3 Å². The normalized spacial score (nSPS) is 15.4. The minimum absolute atomic E-state index is 0.0907. The summed E-state index contributed by atoms with van der Waals surface area (Å²) in [5.74, 6) is 0.235. The highest BCUT2D eigenvalue weighted by atomic mass is 32.2. The average Bonchev–Trinajstić information content (AvgIpc) is 3.08. The summed E-state index contributed by atoms with van der Waals surface area (Å²) in [7, 11) is 0. The molecule has 2 aromatic carbocycles. The van der Waals surface area contributed by atoms with Crippen molar-refractivity contribution in [2.75, 3.05) is 11.2 Å². The summed E-state index contributed by atoms with van der Waals surface area (Å²) in [5, 5.41) is 0.490. The molecule has 0 aliphatic carbocycles. The van der Waals surface area contributed by atoms with Crippen molar-refractivity contribution in [2.45, 2.75) is 31.7 Å². The minimum Gasteiger partial charge on any atom is -0.450 e. The maximum Gasteiger partial charge on any atom is 0.296 e. The van der Waals surface area contributed by atoms with Gasteiger partial charge < -0.3 is 4.42 Å². The first-order valence-corrected chi connectivity index (χ1v) is 11.6. The molecule has 0 spiro atoms. The zero-order valence-corrected chi connectivity index (χ0v) is 19.1. The van der Waals surface area contributed by atoms with E-state index in [4.69, 9.17) is 4.42 Å². The van der Waals surface area contributed by atoms with Crippen LogP contribution in [-0.4, -0.2) is 17.1 Å². The molecule has 6 heteroatoms. The van der Waals surface area contributed by atoms with Crippen molar-refractivity contribution in [1.82, 2.24) is 4.98 Å². The molecule has 0 unspecified atom stereocenters. The number of hydrogen-bond acceptors (Lipinski definition) is 5. The van der Waals surface area contributed by atoms with Crippen molar-refractivity contribution >= 4 is 34.5 Å². The van der Waals surface area contributed by atoms with Crippen molar-refractivity contribution in [1.29, 1.82) is 0 Å². The summed E-state index contributed by atoms with van der Waals surface area (Å²) in [6.45, 7) is 5.88. The second-order valence-corrected chi connectivity index (χ2v) is 9.03. The Kier molecular flexibility index (Phi) is 4.90. The van der Waals surface area contributed by atoms with E-state index >= 15 is 0 Å². The Morgan fingerprint density at radius 3 is 2.38 bits per heavy atom. The van der Waals surface area contributed by atoms with Gasteiger partial charge in [-0.25, -0.2) is 4.98 Å². The van der Waals surface area contributed by atoms with Gasteiger partial charge in [0.1, 0.15) is 11.4 Å². The van der Waals surface area contributed by atoms with Gasteiger partial charge in [-0.3, -0.25) is 14.5 Å². The summed E-state index contributed by atoms with van der Waals surface area (Å²) in [4.78, 5) is 34.5. The number of aromatic nitrogens is 1. The molecular formula is C26H22N2O3S. The summed E-state index contributed by atoms with van der Waals surface area (Å²) in [6, 6.07) is 14.7. The Morgan fingerprint density at radius 1 is 0.969 bits per heavy atom. The molecule has 0 radical (unpaired) electrons. The molecule has 3 heterocycles. The zero-order chi connectivity index (χ0) is 22.6. The molecule has 160 valence electrons. The van der Waals surface area contributed by atoms with Crippen molar-refractivity contribution in [3.05, 3.63) is 98.5 Å². The Hall–Kier alpha value is -3.38. The van der Waals surface area contributed by atoms with Crippen LogP contribution >= 0.6 is 11.8 Å². The molecule has 1 atom stereocenters. The van der Waals surface area contributed by atoms with Gasteiger partial charge in [-0.1, -0.05) is 12.1 Å². The molecule has 1 aliphatic rings. The van der Waals surface area contributed by atoms with Crippen LogP contribution in [0.15, 0.2) is 68.8 Å². The lowest BCUT2D eigenvalue weighted by molar-refractivity contribution is 0.0970. The fourth-order valence-electron chi connectivity index (χ4n) is 4.22. The first kappa shape index (κ1) is 20.5. The molecular weight excluding hydrogens is 420 g/mol. The topological polar surface area (TPSA) is 63.4 Å². The van der Waals surface area contributed by atoms with Gasteiger partial charge in [0.05, 0.1) is 17.0 Å². The Labute approximate surface area is 190 Å². The molecule has 0 saturated carbocycles. The smallest absolute Gasteiger partial charge is 0.296 e. The van der Waals surface area contributed by atoms with Gasteiger partial charge in [-0.2, -0.15) is 0 Å². The van der Waals surface area contributed by atoms with Crippen molar-refractivity contribution in [3.8, 4) is 0 Å². The number of fused-ring (bicyclic) bond motifs is 2. The van der Waals surface area contributed by atoms with E-state index in [1.165, 1.54) is 0 Å². The highest BCUT2D eigenvalue weighted by Gasteiger charge is 2.44. The molecule has 0 saturated heterocycles. The summed E-state index contributed by atoms with van der Waals surface area (Å²) in [6.07, 6.45) is 3.69. The zero-order valence-electron chi connectivity index (χ0n) is 18.3.